The molecule has 0 aromatic heterocycles. The van der Waals surface area contributed by atoms with Gasteiger partial charge in [-0.15, -0.1) is 0 Å². The molecule has 0 aliphatic carbocycles. The zero-order valence-corrected chi connectivity index (χ0v) is 26.3. The van der Waals surface area contributed by atoms with Crippen molar-refractivity contribution in [2.75, 3.05) is 18.0 Å². The number of carbonyl (C=O) groups is 2. The highest BCUT2D eigenvalue weighted by Crippen LogP contribution is 2.34. The predicted octanol–water partition coefficient (Wildman–Crippen LogP) is 5.84. The summed E-state index contributed by atoms with van der Waals surface area (Å²) in [5.74, 6) is -0.789. The SMILES string of the molecule is COc1ccc(C)cc1N(CC(=O)N(Cc1c(Cl)cccc1Cl)[C@H](C)C(=O)NC(C)(C)C)S(=O)(=O)c1ccccc1. The third-order valence-corrected chi connectivity index (χ3v) is 8.75. The third-order valence-electron chi connectivity index (χ3n) is 6.27. The van der Waals surface area contributed by atoms with Crippen LogP contribution in [0.4, 0.5) is 5.69 Å². The molecule has 0 fully saturated rings. The van der Waals surface area contributed by atoms with Crippen molar-refractivity contribution in [2.45, 2.75) is 57.6 Å². The number of anilines is 1. The molecule has 3 rings (SSSR count). The number of hydrogen-bond acceptors (Lipinski definition) is 5. The molecule has 0 radical (unpaired) electrons. The molecule has 0 bridgehead atoms. The molecule has 2 amide bonds. The highest BCUT2D eigenvalue weighted by molar-refractivity contribution is 7.92. The van der Waals surface area contributed by atoms with Crippen molar-refractivity contribution in [3.8, 4) is 5.75 Å². The number of amides is 2. The van der Waals surface area contributed by atoms with Gasteiger partial charge in [-0.2, -0.15) is 0 Å². The van der Waals surface area contributed by atoms with Crippen molar-refractivity contribution in [3.63, 3.8) is 0 Å². The summed E-state index contributed by atoms with van der Waals surface area (Å²) < 4.78 is 34.5. The molecule has 0 spiro atoms. The third kappa shape index (κ3) is 7.93. The van der Waals surface area contributed by atoms with Gasteiger partial charge in [-0.1, -0.05) is 53.5 Å². The number of nitrogens with zero attached hydrogens (tertiary/aromatic N) is 2. The molecule has 1 N–H and O–H groups in total. The lowest BCUT2D eigenvalue weighted by atomic mass is 10.1. The number of benzene rings is 3. The average molecular weight is 621 g/mol. The van der Waals surface area contributed by atoms with Gasteiger partial charge in [0, 0.05) is 27.7 Å². The zero-order valence-electron chi connectivity index (χ0n) is 23.9. The summed E-state index contributed by atoms with van der Waals surface area (Å²) in [6, 6.07) is 16.8. The molecule has 0 aliphatic rings. The van der Waals surface area contributed by atoms with Crippen molar-refractivity contribution in [1.29, 1.82) is 0 Å². The van der Waals surface area contributed by atoms with Crippen LogP contribution in [0.5, 0.6) is 5.75 Å². The summed E-state index contributed by atoms with van der Waals surface area (Å²) in [4.78, 5) is 28.7. The molecule has 220 valence electrons. The standard InChI is InChI=1S/C30H35Cl2N3O5S/c1-20-15-16-27(40-6)26(17-20)35(41(38,39)22-11-8-7-9-12-22)19-28(36)34(21(2)29(37)33-30(3,4)5)18-23-24(31)13-10-14-25(23)32/h7-17,21H,18-19H2,1-6H3,(H,33,37)/t21-/m1/s1. The van der Waals surface area contributed by atoms with E-state index in [1.165, 1.54) is 24.1 Å². The lowest BCUT2D eigenvalue weighted by Gasteiger charge is -2.34. The van der Waals surface area contributed by atoms with Crippen molar-refractivity contribution >= 4 is 50.7 Å². The number of sulfonamides is 1. The normalized spacial score (nSPS) is 12.4. The van der Waals surface area contributed by atoms with Crippen LogP contribution in [-0.2, 0) is 26.2 Å². The molecule has 11 heteroatoms. The minimum atomic E-state index is -4.24. The van der Waals surface area contributed by atoms with Crippen LogP contribution in [0.2, 0.25) is 10.0 Å². The predicted molar refractivity (Wildman–Crippen MR) is 163 cm³/mol. The van der Waals surface area contributed by atoms with Crippen LogP contribution >= 0.6 is 23.2 Å². The van der Waals surface area contributed by atoms with Crippen LogP contribution in [0.3, 0.4) is 0 Å². The number of halogens is 2. The van der Waals surface area contributed by atoms with E-state index in [0.717, 1.165) is 9.87 Å². The first-order valence-electron chi connectivity index (χ1n) is 12.9. The van der Waals surface area contributed by atoms with E-state index in [1.54, 1.807) is 61.5 Å². The van der Waals surface area contributed by atoms with E-state index >= 15 is 0 Å². The Morgan fingerprint density at radius 1 is 0.976 bits per heavy atom. The van der Waals surface area contributed by atoms with Gasteiger partial charge in [0.25, 0.3) is 10.0 Å². The monoisotopic (exact) mass is 619 g/mol. The summed E-state index contributed by atoms with van der Waals surface area (Å²) in [6.45, 7) is 8.12. The molecule has 0 heterocycles. The molecular weight excluding hydrogens is 585 g/mol. The van der Waals surface area contributed by atoms with Gasteiger partial charge in [0.2, 0.25) is 11.8 Å². The van der Waals surface area contributed by atoms with E-state index in [4.69, 9.17) is 27.9 Å². The van der Waals surface area contributed by atoms with Gasteiger partial charge in [-0.25, -0.2) is 8.42 Å². The molecule has 3 aromatic carbocycles. The van der Waals surface area contributed by atoms with Gasteiger partial charge < -0.3 is 15.0 Å². The zero-order chi connectivity index (χ0) is 30.5. The van der Waals surface area contributed by atoms with E-state index < -0.39 is 40.0 Å². The largest absolute Gasteiger partial charge is 0.495 e. The second-order valence-corrected chi connectivity index (χ2v) is 13.3. The van der Waals surface area contributed by atoms with Crippen LogP contribution in [0, 0.1) is 6.92 Å². The van der Waals surface area contributed by atoms with Crippen molar-refractivity contribution < 1.29 is 22.7 Å². The minimum Gasteiger partial charge on any atom is -0.495 e. The maximum atomic E-state index is 14.1. The molecule has 41 heavy (non-hydrogen) atoms. The van der Waals surface area contributed by atoms with Gasteiger partial charge in [-0.3, -0.25) is 13.9 Å². The number of aryl methyl sites for hydroxylation is 1. The van der Waals surface area contributed by atoms with E-state index in [0.29, 0.717) is 15.6 Å². The Bertz CT molecular complexity index is 1490. The Hall–Kier alpha value is -3.27. The van der Waals surface area contributed by atoms with Crippen molar-refractivity contribution in [2.24, 2.45) is 0 Å². The Morgan fingerprint density at radius 2 is 1.59 bits per heavy atom. The maximum absolute atomic E-state index is 14.1. The van der Waals surface area contributed by atoms with Crippen LogP contribution in [-0.4, -0.2) is 50.4 Å². The van der Waals surface area contributed by atoms with E-state index in [9.17, 15) is 18.0 Å². The summed E-state index contributed by atoms with van der Waals surface area (Å²) in [5, 5.41) is 3.51. The summed E-state index contributed by atoms with van der Waals surface area (Å²) >= 11 is 12.9. The number of ether oxygens (including phenoxy) is 1. The first kappa shape index (κ1) is 32.2. The molecule has 0 saturated carbocycles. The number of hydrogen-bond donors (Lipinski definition) is 1. The summed E-state index contributed by atoms with van der Waals surface area (Å²) in [6.07, 6.45) is 0. The quantitative estimate of drug-likeness (QED) is 0.308. The molecule has 3 aromatic rings. The Balaban J connectivity index is 2.14. The van der Waals surface area contributed by atoms with Crippen molar-refractivity contribution in [1.82, 2.24) is 10.2 Å². The number of carbonyl (C=O) groups excluding carboxylic acids is 2. The van der Waals surface area contributed by atoms with Gasteiger partial charge in [0.1, 0.15) is 18.3 Å². The Morgan fingerprint density at radius 3 is 2.15 bits per heavy atom. The number of nitrogens with one attached hydrogen (secondary N) is 1. The smallest absolute Gasteiger partial charge is 0.264 e. The molecule has 8 nitrogen and oxygen atoms in total. The molecule has 0 aliphatic heterocycles. The molecular formula is C30H35Cl2N3O5S. The van der Waals surface area contributed by atoms with Gasteiger partial charge in [-0.05, 0) is 76.6 Å². The summed E-state index contributed by atoms with van der Waals surface area (Å²) in [7, 11) is -2.82. The number of methoxy groups -OCH3 is 1. The second-order valence-electron chi connectivity index (χ2n) is 10.6. The van der Waals surface area contributed by atoms with Crippen LogP contribution in [0.15, 0.2) is 71.6 Å². The lowest BCUT2D eigenvalue weighted by Crippen LogP contribution is -2.54. The van der Waals surface area contributed by atoms with E-state index in [2.05, 4.69) is 5.32 Å². The topological polar surface area (TPSA) is 96.0 Å². The molecule has 0 unspecified atom stereocenters. The van der Waals surface area contributed by atoms with Crippen LogP contribution < -0.4 is 14.4 Å². The molecule has 0 saturated heterocycles. The van der Waals surface area contributed by atoms with Crippen LogP contribution in [0.1, 0.15) is 38.8 Å². The second kappa shape index (κ2) is 13.1. The fourth-order valence-corrected chi connectivity index (χ4v) is 6.09. The van der Waals surface area contributed by atoms with E-state index in [1.807, 2.05) is 27.7 Å². The fraction of sp³-hybridized carbons (Fsp3) is 0.333. The van der Waals surface area contributed by atoms with Crippen LogP contribution in [0.25, 0.3) is 0 Å². The van der Waals surface area contributed by atoms with Gasteiger partial charge in [0.15, 0.2) is 0 Å². The lowest BCUT2D eigenvalue weighted by molar-refractivity contribution is -0.140. The molecule has 1 atom stereocenters. The highest BCUT2D eigenvalue weighted by atomic mass is 35.5. The number of rotatable bonds is 10. The van der Waals surface area contributed by atoms with E-state index in [-0.39, 0.29) is 22.9 Å². The highest BCUT2D eigenvalue weighted by Gasteiger charge is 2.35. The van der Waals surface area contributed by atoms with Gasteiger partial charge in [0.05, 0.1) is 17.7 Å². The van der Waals surface area contributed by atoms with Gasteiger partial charge >= 0.3 is 0 Å². The Kier molecular flexibility index (Phi) is 10.3. The summed E-state index contributed by atoms with van der Waals surface area (Å²) in [5.41, 5.74) is 0.816. The fourth-order valence-electron chi connectivity index (χ4n) is 4.14. The average Bonchev–Trinajstić information content (AvgIpc) is 2.90. The first-order valence-corrected chi connectivity index (χ1v) is 15.1. The Labute approximate surface area is 252 Å². The van der Waals surface area contributed by atoms with Crippen molar-refractivity contribution in [3.05, 3.63) is 87.9 Å². The first-order chi connectivity index (χ1) is 19.2. The maximum Gasteiger partial charge on any atom is 0.264 e. The minimum absolute atomic E-state index is 0.00409.